The van der Waals surface area contributed by atoms with Crippen molar-refractivity contribution in [2.75, 3.05) is 31.2 Å². The molecule has 0 radical (unpaired) electrons. The third-order valence-electron chi connectivity index (χ3n) is 5.56. The molecule has 0 unspecified atom stereocenters. The van der Waals surface area contributed by atoms with Crippen molar-refractivity contribution in [2.24, 2.45) is 11.3 Å². The number of hydrogen-bond acceptors (Lipinski definition) is 7. The van der Waals surface area contributed by atoms with Gasteiger partial charge in [0.1, 0.15) is 17.8 Å². The fourth-order valence-electron chi connectivity index (χ4n) is 4.17. The number of H-pyrrole nitrogens is 1. The first-order valence-corrected chi connectivity index (χ1v) is 9.84. The van der Waals surface area contributed by atoms with Gasteiger partial charge in [-0.2, -0.15) is 0 Å². The van der Waals surface area contributed by atoms with Gasteiger partial charge in [-0.25, -0.2) is 15.0 Å². The standard InChI is InChI=1S/C18H20N6O2S/c1-11-23-13(7-27-11)4-20-17(25)18-8-24(5-12(18)6-26-9-18)16-14-2-3-19-15(14)21-10-22-16/h2-3,7,10,12H,4-6,8-9H2,1H3,(H,20,25)(H,19,21,22)/t12-,18-/m0/s1. The van der Waals surface area contributed by atoms with Crippen LogP contribution in [0.3, 0.4) is 0 Å². The zero-order chi connectivity index (χ0) is 18.4. The van der Waals surface area contributed by atoms with E-state index in [1.54, 1.807) is 17.7 Å². The Labute approximate surface area is 160 Å². The van der Waals surface area contributed by atoms with Gasteiger partial charge in [0.25, 0.3) is 0 Å². The quantitative estimate of drug-likeness (QED) is 0.708. The molecule has 2 fully saturated rings. The molecule has 140 valence electrons. The van der Waals surface area contributed by atoms with E-state index in [-0.39, 0.29) is 11.8 Å². The van der Waals surface area contributed by atoms with Gasteiger partial charge in [-0.1, -0.05) is 0 Å². The summed E-state index contributed by atoms with van der Waals surface area (Å²) in [6.45, 7) is 4.80. The van der Waals surface area contributed by atoms with Crippen LogP contribution in [-0.2, 0) is 16.1 Å². The highest BCUT2D eigenvalue weighted by atomic mass is 32.1. The van der Waals surface area contributed by atoms with Crippen LogP contribution in [-0.4, -0.2) is 52.1 Å². The first-order valence-electron chi connectivity index (χ1n) is 8.96. The average Bonchev–Trinajstić information content (AvgIpc) is 3.41. The van der Waals surface area contributed by atoms with Crippen LogP contribution in [0.4, 0.5) is 5.82 Å². The van der Waals surface area contributed by atoms with Gasteiger partial charge < -0.3 is 19.9 Å². The average molecular weight is 384 g/mol. The number of carbonyl (C=O) groups is 1. The number of hydrogen-bond donors (Lipinski definition) is 2. The van der Waals surface area contributed by atoms with E-state index in [2.05, 4.69) is 30.2 Å². The number of anilines is 1. The highest BCUT2D eigenvalue weighted by Gasteiger charge is 2.56. The second-order valence-electron chi connectivity index (χ2n) is 7.23. The Morgan fingerprint density at radius 2 is 2.44 bits per heavy atom. The normalized spacial score (nSPS) is 24.5. The highest BCUT2D eigenvalue weighted by molar-refractivity contribution is 7.09. The molecule has 0 saturated carbocycles. The molecule has 27 heavy (non-hydrogen) atoms. The molecule has 2 saturated heterocycles. The number of amides is 1. The van der Waals surface area contributed by atoms with Crippen molar-refractivity contribution < 1.29 is 9.53 Å². The lowest BCUT2D eigenvalue weighted by molar-refractivity contribution is -0.131. The number of nitrogens with zero attached hydrogens (tertiary/aromatic N) is 4. The Morgan fingerprint density at radius 1 is 1.52 bits per heavy atom. The van der Waals surface area contributed by atoms with Crippen LogP contribution >= 0.6 is 11.3 Å². The monoisotopic (exact) mass is 384 g/mol. The smallest absolute Gasteiger partial charge is 0.231 e. The molecule has 8 nitrogen and oxygen atoms in total. The number of fused-ring (bicyclic) bond motifs is 2. The number of carbonyl (C=O) groups excluding carboxylic acids is 1. The SMILES string of the molecule is Cc1nc(CNC(=O)[C@@]23COC[C@@H]2CN(c2ncnc4[nH]ccc24)C3)cs1. The maximum Gasteiger partial charge on any atom is 0.231 e. The lowest BCUT2D eigenvalue weighted by Gasteiger charge is -2.26. The maximum atomic E-state index is 13.1. The van der Waals surface area contributed by atoms with Crippen molar-refractivity contribution in [2.45, 2.75) is 13.5 Å². The fourth-order valence-corrected chi connectivity index (χ4v) is 4.78. The number of ether oxygens (including phenoxy) is 1. The second-order valence-corrected chi connectivity index (χ2v) is 8.29. The number of aryl methyl sites for hydroxylation is 1. The second kappa shape index (κ2) is 6.28. The van der Waals surface area contributed by atoms with E-state index in [1.165, 1.54) is 0 Å². The van der Waals surface area contributed by atoms with Crippen LogP contribution < -0.4 is 10.2 Å². The van der Waals surface area contributed by atoms with Gasteiger partial charge >= 0.3 is 0 Å². The van der Waals surface area contributed by atoms with Crippen molar-refractivity contribution in [3.63, 3.8) is 0 Å². The van der Waals surface area contributed by atoms with Crippen LogP contribution in [0.2, 0.25) is 0 Å². The summed E-state index contributed by atoms with van der Waals surface area (Å²) in [6, 6.07) is 1.98. The zero-order valence-corrected chi connectivity index (χ0v) is 15.8. The summed E-state index contributed by atoms with van der Waals surface area (Å²) in [5.41, 5.74) is 1.17. The van der Waals surface area contributed by atoms with Gasteiger partial charge in [-0.15, -0.1) is 11.3 Å². The molecule has 5 heterocycles. The van der Waals surface area contributed by atoms with Gasteiger partial charge in [-0.3, -0.25) is 4.79 Å². The highest BCUT2D eigenvalue weighted by Crippen LogP contribution is 2.43. The fraction of sp³-hybridized carbons (Fsp3) is 0.444. The van der Waals surface area contributed by atoms with Gasteiger partial charge in [-0.05, 0) is 13.0 Å². The summed E-state index contributed by atoms with van der Waals surface area (Å²) in [7, 11) is 0. The van der Waals surface area contributed by atoms with Gasteiger partial charge in [0, 0.05) is 30.6 Å². The number of thiazole rings is 1. The van der Waals surface area contributed by atoms with Crippen molar-refractivity contribution >= 4 is 34.1 Å². The molecule has 9 heteroatoms. The molecule has 2 aliphatic rings. The van der Waals surface area contributed by atoms with Crippen molar-refractivity contribution in [1.29, 1.82) is 0 Å². The minimum absolute atomic E-state index is 0.0394. The molecule has 3 aromatic rings. The third kappa shape index (κ3) is 2.69. The van der Waals surface area contributed by atoms with Crippen LogP contribution in [0.25, 0.3) is 11.0 Å². The molecule has 0 aliphatic carbocycles. The molecule has 0 spiro atoms. The summed E-state index contributed by atoms with van der Waals surface area (Å²) in [5.74, 6) is 1.06. The van der Waals surface area contributed by atoms with Crippen molar-refractivity contribution in [1.82, 2.24) is 25.3 Å². The minimum atomic E-state index is -0.543. The Balaban J connectivity index is 1.38. The van der Waals surface area contributed by atoms with E-state index in [0.29, 0.717) is 26.3 Å². The van der Waals surface area contributed by atoms with E-state index >= 15 is 0 Å². The van der Waals surface area contributed by atoms with E-state index in [0.717, 1.165) is 34.1 Å². The van der Waals surface area contributed by atoms with E-state index in [4.69, 9.17) is 4.74 Å². The predicted molar refractivity (Wildman–Crippen MR) is 102 cm³/mol. The summed E-state index contributed by atoms with van der Waals surface area (Å²) >= 11 is 1.59. The Morgan fingerprint density at radius 3 is 3.30 bits per heavy atom. The maximum absolute atomic E-state index is 13.1. The molecule has 0 bridgehead atoms. The number of aromatic nitrogens is 4. The van der Waals surface area contributed by atoms with E-state index in [1.807, 2.05) is 24.6 Å². The third-order valence-corrected chi connectivity index (χ3v) is 6.38. The summed E-state index contributed by atoms with van der Waals surface area (Å²) in [6.07, 6.45) is 3.43. The Kier molecular flexibility index (Phi) is 3.87. The lowest BCUT2D eigenvalue weighted by Crippen LogP contribution is -2.46. The molecular weight excluding hydrogens is 364 g/mol. The van der Waals surface area contributed by atoms with Crippen LogP contribution in [0.15, 0.2) is 24.0 Å². The van der Waals surface area contributed by atoms with E-state index < -0.39 is 5.41 Å². The largest absolute Gasteiger partial charge is 0.380 e. The molecule has 1 amide bonds. The van der Waals surface area contributed by atoms with Crippen LogP contribution in [0.5, 0.6) is 0 Å². The topological polar surface area (TPSA) is 96.0 Å². The molecule has 0 aromatic carbocycles. The van der Waals surface area contributed by atoms with Crippen LogP contribution in [0, 0.1) is 18.3 Å². The summed E-state index contributed by atoms with van der Waals surface area (Å²) in [4.78, 5) is 31.6. The van der Waals surface area contributed by atoms with Crippen molar-refractivity contribution in [3.05, 3.63) is 34.7 Å². The molecule has 2 N–H and O–H groups in total. The summed E-state index contributed by atoms with van der Waals surface area (Å²) < 4.78 is 5.71. The zero-order valence-electron chi connectivity index (χ0n) is 14.9. The van der Waals surface area contributed by atoms with Gasteiger partial charge in [0.05, 0.1) is 41.3 Å². The molecule has 5 rings (SSSR count). The molecule has 2 aliphatic heterocycles. The van der Waals surface area contributed by atoms with Gasteiger partial charge in [0.2, 0.25) is 5.91 Å². The number of nitrogens with one attached hydrogen (secondary N) is 2. The molecular formula is C18H20N6O2S. The first-order chi connectivity index (χ1) is 13.2. The minimum Gasteiger partial charge on any atom is -0.380 e. The van der Waals surface area contributed by atoms with Crippen LogP contribution in [0.1, 0.15) is 10.7 Å². The molecule has 2 atom stereocenters. The van der Waals surface area contributed by atoms with E-state index in [9.17, 15) is 4.79 Å². The lowest BCUT2D eigenvalue weighted by atomic mass is 9.80. The van der Waals surface area contributed by atoms with Crippen molar-refractivity contribution in [3.8, 4) is 0 Å². The van der Waals surface area contributed by atoms with Gasteiger partial charge in [0.15, 0.2) is 0 Å². The molecule has 3 aromatic heterocycles. The number of aromatic amines is 1. The predicted octanol–water partition coefficient (Wildman–Crippen LogP) is 1.49. The first kappa shape index (κ1) is 16.6. The number of rotatable bonds is 4. The Bertz CT molecular complexity index is 1000. The Hall–Kier alpha value is -2.52. The summed E-state index contributed by atoms with van der Waals surface area (Å²) in [5, 5.41) is 7.05.